The predicted molar refractivity (Wildman–Crippen MR) is 106 cm³/mol. The van der Waals surface area contributed by atoms with Gasteiger partial charge in [-0.15, -0.1) is 0 Å². The number of amides is 1. The van der Waals surface area contributed by atoms with E-state index in [-0.39, 0.29) is 11.9 Å². The van der Waals surface area contributed by atoms with Gasteiger partial charge in [0.15, 0.2) is 0 Å². The maximum absolute atomic E-state index is 12.3. The van der Waals surface area contributed by atoms with Crippen molar-refractivity contribution in [2.24, 2.45) is 5.73 Å². The maximum atomic E-state index is 12.3. The Bertz CT molecular complexity index is 716. The second kappa shape index (κ2) is 8.97. The summed E-state index contributed by atoms with van der Waals surface area (Å²) in [6, 6.07) is 18.6. The van der Waals surface area contributed by atoms with Crippen LogP contribution in [0.15, 0.2) is 54.6 Å². The van der Waals surface area contributed by atoms with Gasteiger partial charge in [0.25, 0.3) is 0 Å². The first-order valence-electron chi connectivity index (χ1n) is 9.55. The Hall–Kier alpha value is -2.17. The number of rotatable bonds is 7. The molecule has 0 spiro atoms. The molecular formula is C22H29N3O. The molecule has 0 aromatic heterocycles. The standard InChI is InChI=1S/C22H29N3O/c1-2-20(25-13-12-17-8-6-7-11-19(17)16-25)15-24-22(26)14-21(23)18-9-4-3-5-10-18/h3-11,20-21H,2,12-16,23H2,1H3,(H,24,26). The first-order valence-corrected chi connectivity index (χ1v) is 9.55. The molecule has 0 saturated carbocycles. The van der Waals surface area contributed by atoms with Gasteiger partial charge >= 0.3 is 0 Å². The number of carbonyl (C=O) groups excluding carboxylic acids is 1. The Morgan fingerprint density at radius 3 is 2.54 bits per heavy atom. The molecule has 4 heteroatoms. The van der Waals surface area contributed by atoms with Gasteiger partial charge in [-0.05, 0) is 29.5 Å². The van der Waals surface area contributed by atoms with Crippen LogP contribution < -0.4 is 11.1 Å². The molecule has 0 bridgehead atoms. The molecule has 0 fully saturated rings. The van der Waals surface area contributed by atoms with Crippen molar-refractivity contribution < 1.29 is 4.79 Å². The van der Waals surface area contributed by atoms with Crippen molar-refractivity contribution in [1.82, 2.24) is 10.2 Å². The molecule has 2 atom stereocenters. The minimum Gasteiger partial charge on any atom is -0.354 e. The highest BCUT2D eigenvalue weighted by Gasteiger charge is 2.23. The van der Waals surface area contributed by atoms with Gasteiger partial charge in [-0.3, -0.25) is 9.69 Å². The third-order valence-electron chi connectivity index (χ3n) is 5.32. The summed E-state index contributed by atoms with van der Waals surface area (Å²) in [5, 5.41) is 3.10. The predicted octanol–water partition coefficient (Wildman–Crippen LogP) is 3.03. The molecule has 138 valence electrons. The van der Waals surface area contributed by atoms with Crippen LogP contribution in [0.25, 0.3) is 0 Å². The third-order valence-corrected chi connectivity index (χ3v) is 5.32. The van der Waals surface area contributed by atoms with Crippen LogP contribution in [0.2, 0.25) is 0 Å². The second-order valence-corrected chi connectivity index (χ2v) is 7.08. The molecule has 1 aliphatic rings. The smallest absolute Gasteiger partial charge is 0.221 e. The molecule has 1 amide bonds. The fourth-order valence-electron chi connectivity index (χ4n) is 3.68. The zero-order valence-corrected chi connectivity index (χ0v) is 15.5. The van der Waals surface area contributed by atoms with E-state index in [1.807, 2.05) is 30.3 Å². The average molecular weight is 351 g/mol. The Morgan fingerprint density at radius 2 is 1.81 bits per heavy atom. The number of nitrogens with zero attached hydrogens (tertiary/aromatic N) is 1. The largest absolute Gasteiger partial charge is 0.354 e. The van der Waals surface area contributed by atoms with Crippen molar-refractivity contribution >= 4 is 5.91 Å². The summed E-state index contributed by atoms with van der Waals surface area (Å²) in [5.41, 5.74) is 10.0. The van der Waals surface area contributed by atoms with Crippen LogP contribution in [0.1, 0.15) is 42.5 Å². The number of nitrogens with two attached hydrogens (primary N) is 1. The van der Waals surface area contributed by atoms with E-state index in [9.17, 15) is 4.79 Å². The summed E-state index contributed by atoms with van der Waals surface area (Å²) < 4.78 is 0. The lowest BCUT2D eigenvalue weighted by molar-refractivity contribution is -0.121. The Labute approximate surface area is 156 Å². The van der Waals surface area contributed by atoms with Crippen LogP contribution >= 0.6 is 0 Å². The average Bonchev–Trinajstić information content (AvgIpc) is 2.69. The van der Waals surface area contributed by atoms with Crippen molar-refractivity contribution in [3.05, 3.63) is 71.3 Å². The van der Waals surface area contributed by atoms with Gasteiger partial charge in [0.2, 0.25) is 5.91 Å². The normalized spacial score (nSPS) is 16.5. The zero-order valence-electron chi connectivity index (χ0n) is 15.5. The number of carbonyl (C=O) groups is 1. The number of benzene rings is 2. The van der Waals surface area contributed by atoms with Gasteiger partial charge in [-0.2, -0.15) is 0 Å². The van der Waals surface area contributed by atoms with E-state index >= 15 is 0 Å². The summed E-state index contributed by atoms with van der Waals surface area (Å²) >= 11 is 0. The summed E-state index contributed by atoms with van der Waals surface area (Å²) in [6.45, 7) is 4.88. The Kier molecular flexibility index (Phi) is 6.42. The van der Waals surface area contributed by atoms with Gasteiger partial charge in [0.1, 0.15) is 0 Å². The molecule has 0 aliphatic carbocycles. The molecule has 3 N–H and O–H groups in total. The summed E-state index contributed by atoms with van der Waals surface area (Å²) in [6.07, 6.45) is 2.43. The molecule has 4 nitrogen and oxygen atoms in total. The lowest BCUT2D eigenvalue weighted by Gasteiger charge is -2.35. The van der Waals surface area contributed by atoms with Gasteiger partial charge in [0.05, 0.1) is 0 Å². The van der Waals surface area contributed by atoms with Crippen LogP contribution in [-0.2, 0) is 17.8 Å². The second-order valence-electron chi connectivity index (χ2n) is 7.08. The topological polar surface area (TPSA) is 58.4 Å². The van der Waals surface area contributed by atoms with Gasteiger partial charge in [-0.1, -0.05) is 61.5 Å². The summed E-state index contributed by atoms with van der Waals surface area (Å²) in [5.74, 6) is 0.0252. The highest BCUT2D eigenvalue weighted by atomic mass is 16.1. The molecule has 1 heterocycles. The van der Waals surface area contributed by atoms with E-state index < -0.39 is 0 Å². The fourth-order valence-corrected chi connectivity index (χ4v) is 3.68. The lowest BCUT2D eigenvalue weighted by atomic mass is 9.98. The molecule has 2 aromatic rings. The van der Waals surface area contributed by atoms with Crippen molar-refractivity contribution in [3.63, 3.8) is 0 Å². The molecule has 0 radical (unpaired) electrons. The van der Waals surface area contributed by atoms with Crippen LogP contribution in [0.4, 0.5) is 0 Å². The van der Waals surface area contributed by atoms with Crippen molar-refractivity contribution in [2.75, 3.05) is 13.1 Å². The summed E-state index contributed by atoms with van der Waals surface area (Å²) in [4.78, 5) is 14.8. The molecule has 2 unspecified atom stereocenters. The van der Waals surface area contributed by atoms with Crippen molar-refractivity contribution in [2.45, 2.75) is 44.8 Å². The Balaban J connectivity index is 1.50. The SMILES string of the molecule is CCC(CNC(=O)CC(N)c1ccccc1)N1CCc2ccccc2C1. The minimum absolute atomic E-state index is 0.0252. The third kappa shape index (κ3) is 4.71. The van der Waals surface area contributed by atoms with E-state index in [2.05, 4.69) is 41.4 Å². The van der Waals surface area contributed by atoms with Crippen molar-refractivity contribution in [3.8, 4) is 0 Å². The molecule has 0 saturated heterocycles. The monoisotopic (exact) mass is 351 g/mol. The quantitative estimate of drug-likeness (QED) is 0.806. The first-order chi connectivity index (χ1) is 12.7. The van der Waals surface area contributed by atoms with E-state index in [4.69, 9.17) is 5.73 Å². The van der Waals surface area contributed by atoms with E-state index in [1.54, 1.807) is 0 Å². The number of hydrogen-bond acceptors (Lipinski definition) is 3. The van der Waals surface area contributed by atoms with Crippen molar-refractivity contribution in [1.29, 1.82) is 0 Å². The summed E-state index contributed by atoms with van der Waals surface area (Å²) in [7, 11) is 0. The number of fused-ring (bicyclic) bond motifs is 1. The molecule has 2 aromatic carbocycles. The number of nitrogens with one attached hydrogen (secondary N) is 1. The highest BCUT2D eigenvalue weighted by Crippen LogP contribution is 2.21. The first kappa shape index (κ1) is 18.6. The van der Waals surface area contributed by atoms with E-state index in [0.717, 1.165) is 31.5 Å². The van der Waals surface area contributed by atoms with Crippen LogP contribution in [0.3, 0.4) is 0 Å². The fraction of sp³-hybridized carbons (Fsp3) is 0.409. The molecular weight excluding hydrogens is 322 g/mol. The van der Waals surface area contributed by atoms with Gasteiger partial charge < -0.3 is 11.1 Å². The Morgan fingerprint density at radius 1 is 1.12 bits per heavy atom. The lowest BCUT2D eigenvalue weighted by Crippen LogP contribution is -2.46. The zero-order chi connectivity index (χ0) is 18.4. The maximum Gasteiger partial charge on any atom is 0.221 e. The molecule has 26 heavy (non-hydrogen) atoms. The van der Waals surface area contributed by atoms with Crippen LogP contribution in [0, 0.1) is 0 Å². The van der Waals surface area contributed by atoms with E-state index in [0.29, 0.717) is 19.0 Å². The van der Waals surface area contributed by atoms with E-state index in [1.165, 1.54) is 11.1 Å². The minimum atomic E-state index is -0.252. The molecule has 3 rings (SSSR count). The van der Waals surface area contributed by atoms with Gasteiger partial charge in [-0.25, -0.2) is 0 Å². The van der Waals surface area contributed by atoms with Crippen LogP contribution in [0.5, 0.6) is 0 Å². The highest BCUT2D eigenvalue weighted by molar-refractivity contribution is 5.76. The molecule has 1 aliphatic heterocycles. The number of hydrogen-bond donors (Lipinski definition) is 2. The van der Waals surface area contributed by atoms with Crippen LogP contribution in [-0.4, -0.2) is 29.9 Å². The van der Waals surface area contributed by atoms with Gasteiger partial charge in [0, 0.05) is 38.1 Å².